The molecule has 1 aromatic carbocycles. The summed E-state index contributed by atoms with van der Waals surface area (Å²) in [5.74, 6) is 0.756. The van der Waals surface area contributed by atoms with Gasteiger partial charge in [-0.05, 0) is 23.1 Å². The highest BCUT2D eigenvalue weighted by Gasteiger charge is 2.15. The van der Waals surface area contributed by atoms with Crippen LogP contribution in [0.4, 0.5) is 0 Å². The Morgan fingerprint density at radius 2 is 2.06 bits per heavy atom. The van der Waals surface area contributed by atoms with Gasteiger partial charge in [-0.3, -0.25) is 0 Å². The second-order valence-electron chi connectivity index (χ2n) is 4.68. The first kappa shape index (κ1) is 12.5. The minimum atomic E-state index is 0.0753. The first-order chi connectivity index (χ1) is 7.49. The molecule has 16 heavy (non-hydrogen) atoms. The molecule has 0 N–H and O–H groups in total. The summed E-state index contributed by atoms with van der Waals surface area (Å²) in [6, 6.07) is 5.98. The van der Waals surface area contributed by atoms with Gasteiger partial charge in [0.15, 0.2) is 0 Å². The van der Waals surface area contributed by atoms with Crippen molar-refractivity contribution in [3.8, 4) is 5.75 Å². The van der Waals surface area contributed by atoms with Crippen LogP contribution in [0.1, 0.15) is 31.9 Å². The summed E-state index contributed by atoms with van der Waals surface area (Å²) in [5, 5.41) is 0. The van der Waals surface area contributed by atoms with E-state index in [-0.39, 0.29) is 5.41 Å². The molecule has 1 aromatic rings. The normalized spacial score (nSPS) is 10.8. The summed E-state index contributed by atoms with van der Waals surface area (Å²) in [6.45, 7) is 6.74. The van der Waals surface area contributed by atoms with Gasteiger partial charge in [-0.1, -0.05) is 26.8 Å². The van der Waals surface area contributed by atoms with Crippen molar-refractivity contribution in [2.24, 2.45) is 4.99 Å². The first-order valence-electron chi connectivity index (χ1n) is 5.20. The van der Waals surface area contributed by atoms with E-state index >= 15 is 0 Å². The Kier molecular flexibility index (Phi) is 3.86. The van der Waals surface area contributed by atoms with E-state index in [1.54, 1.807) is 13.2 Å². The van der Waals surface area contributed by atoms with E-state index in [1.165, 1.54) is 5.56 Å². The zero-order chi connectivity index (χ0) is 12.2. The maximum Gasteiger partial charge on any atom is 0.235 e. The number of hydrogen-bond donors (Lipinski definition) is 0. The third-order valence-electron chi connectivity index (χ3n) is 2.46. The summed E-state index contributed by atoms with van der Waals surface area (Å²) >= 11 is 0. The van der Waals surface area contributed by atoms with Crippen LogP contribution in [0.15, 0.2) is 23.2 Å². The maximum absolute atomic E-state index is 10.1. The van der Waals surface area contributed by atoms with Crippen molar-refractivity contribution < 1.29 is 9.53 Å². The maximum atomic E-state index is 10.1. The number of carbonyl (C=O) groups excluding carboxylic acids is 1. The molecule has 0 amide bonds. The van der Waals surface area contributed by atoms with E-state index in [0.717, 1.165) is 11.3 Å². The van der Waals surface area contributed by atoms with Gasteiger partial charge in [-0.15, -0.1) is 0 Å². The lowest BCUT2D eigenvalue weighted by Crippen LogP contribution is -2.11. The predicted octanol–water partition coefficient (Wildman–Crippen LogP) is 2.83. The standard InChI is InChI=1S/C13H17NO2/c1-13(2,3)11-5-6-12(16-4)10(7-11)8-14-9-15/h5-7H,8H2,1-4H3. The van der Waals surface area contributed by atoms with Crippen LogP contribution in [0.2, 0.25) is 0 Å². The number of aliphatic imine (C=N–C) groups is 1. The van der Waals surface area contributed by atoms with Crippen molar-refractivity contribution in [3.05, 3.63) is 29.3 Å². The third-order valence-corrected chi connectivity index (χ3v) is 2.46. The van der Waals surface area contributed by atoms with Crippen molar-refractivity contribution in [2.45, 2.75) is 32.7 Å². The zero-order valence-electron chi connectivity index (χ0n) is 10.2. The lowest BCUT2D eigenvalue weighted by atomic mass is 9.86. The number of ether oxygens (including phenoxy) is 1. The second kappa shape index (κ2) is 4.95. The molecule has 0 heterocycles. The van der Waals surface area contributed by atoms with Crippen molar-refractivity contribution in [2.75, 3.05) is 7.11 Å². The number of benzene rings is 1. The predicted molar refractivity (Wildman–Crippen MR) is 63.5 cm³/mol. The third kappa shape index (κ3) is 2.94. The molecule has 0 aliphatic carbocycles. The first-order valence-corrected chi connectivity index (χ1v) is 5.20. The van der Waals surface area contributed by atoms with E-state index in [9.17, 15) is 4.79 Å². The number of nitrogens with zero attached hydrogens (tertiary/aromatic N) is 1. The summed E-state index contributed by atoms with van der Waals surface area (Å²) in [5.41, 5.74) is 2.19. The largest absolute Gasteiger partial charge is 0.496 e. The molecule has 0 aliphatic rings. The summed E-state index contributed by atoms with van der Waals surface area (Å²) in [7, 11) is 1.61. The summed E-state index contributed by atoms with van der Waals surface area (Å²) in [6.07, 6.45) is 1.55. The molecular weight excluding hydrogens is 202 g/mol. The lowest BCUT2D eigenvalue weighted by Gasteiger charge is -2.20. The number of rotatable bonds is 3. The average Bonchev–Trinajstić information content (AvgIpc) is 2.24. The van der Waals surface area contributed by atoms with Crippen LogP contribution in [0.5, 0.6) is 5.75 Å². The van der Waals surface area contributed by atoms with E-state index in [1.807, 2.05) is 18.2 Å². The molecule has 1 rings (SSSR count). The number of isocyanates is 1. The Morgan fingerprint density at radius 1 is 1.38 bits per heavy atom. The molecule has 3 heteroatoms. The van der Waals surface area contributed by atoms with Gasteiger partial charge in [-0.2, -0.15) is 0 Å². The van der Waals surface area contributed by atoms with Gasteiger partial charge in [0, 0.05) is 5.56 Å². The Morgan fingerprint density at radius 3 is 2.56 bits per heavy atom. The quantitative estimate of drug-likeness (QED) is 0.579. The molecule has 0 saturated carbocycles. The average molecular weight is 219 g/mol. The van der Waals surface area contributed by atoms with Crippen LogP contribution in [0.25, 0.3) is 0 Å². The Bertz CT molecular complexity index is 412. The van der Waals surface area contributed by atoms with Gasteiger partial charge in [0.1, 0.15) is 5.75 Å². The van der Waals surface area contributed by atoms with Crippen LogP contribution in [-0.2, 0) is 16.8 Å². The molecule has 0 unspecified atom stereocenters. The second-order valence-corrected chi connectivity index (χ2v) is 4.68. The molecule has 0 spiro atoms. The van der Waals surface area contributed by atoms with E-state index in [2.05, 4.69) is 25.8 Å². The molecule has 3 nitrogen and oxygen atoms in total. The van der Waals surface area contributed by atoms with Crippen molar-refractivity contribution in [1.29, 1.82) is 0 Å². The molecule has 0 radical (unpaired) electrons. The lowest BCUT2D eigenvalue weighted by molar-refractivity contribution is 0.409. The van der Waals surface area contributed by atoms with Crippen LogP contribution in [-0.4, -0.2) is 13.2 Å². The molecule has 0 atom stereocenters. The topological polar surface area (TPSA) is 38.7 Å². The van der Waals surface area contributed by atoms with Crippen LogP contribution in [0, 0.1) is 0 Å². The van der Waals surface area contributed by atoms with Gasteiger partial charge in [0.2, 0.25) is 6.08 Å². The van der Waals surface area contributed by atoms with E-state index < -0.39 is 0 Å². The molecule has 0 fully saturated rings. The molecule has 0 bridgehead atoms. The minimum absolute atomic E-state index is 0.0753. The smallest absolute Gasteiger partial charge is 0.235 e. The monoisotopic (exact) mass is 219 g/mol. The highest BCUT2D eigenvalue weighted by molar-refractivity contribution is 5.41. The fourth-order valence-electron chi connectivity index (χ4n) is 1.49. The van der Waals surface area contributed by atoms with E-state index in [0.29, 0.717) is 6.54 Å². The summed E-state index contributed by atoms with van der Waals surface area (Å²) in [4.78, 5) is 13.7. The SMILES string of the molecule is COc1ccc(C(C)(C)C)cc1CN=C=O. The van der Waals surface area contributed by atoms with Crippen LogP contribution in [0.3, 0.4) is 0 Å². The fraction of sp³-hybridized carbons (Fsp3) is 0.462. The molecule has 0 aliphatic heterocycles. The van der Waals surface area contributed by atoms with Gasteiger partial charge in [0.05, 0.1) is 13.7 Å². The van der Waals surface area contributed by atoms with Crippen molar-refractivity contribution >= 4 is 6.08 Å². The number of hydrogen-bond acceptors (Lipinski definition) is 3. The Labute approximate surface area is 96.2 Å². The molecule has 0 saturated heterocycles. The van der Waals surface area contributed by atoms with Crippen molar-refractivity contribution in [1.82, 2.24) is 0 Å². The Hall–Kier alpha value is -1.60. The molecular formula is C13H17NO2. The van der Waals surface area contributed by atoms with Gasteiger partial charge < -0.3 is 4.74 Å². The van der Waals surface area contributed by atoms with Gasteiger partial charge >= 0.3 is 0 Å². The van der Waals surface area contributed by atoms with Gasteiger partial charge in [-0.25, -0.2) is 9.79 Å². The van der Waals surface area contributed by atoms with Gasteiger partial charge in [0.25, 0.3) is 0 Å². The van der Waals surface area contributed by atoms with Crippen molar-refractivity contribution in [3.63, 3.8) is 0 Å². The highest BCUT2D eigenvalue weighted by Crippen LogP contribution is 2.28. The highest BCUT2D eigenvalue weighted by atomic mass is 16.5. The number of methoxy groups -OCH3 is 1. The molecule has 0 aromatic heterocycles. The van der Waals surface area contributed by atoms with Crippen LogP contribution >= 0.6 is 0 Å². The minimum Gasteiger partial charge on any atom is -0.496 e. The van der Waals surface area contributed by atoms with Crippen LogP contribution < -0.4 is 4.74 Å². The Balaban J connectivity index is 3.15. The zero-order valence-corrected chi connectivity index (χ0v) is 10.2. The molecule has 86 valence electrons. The van der Waals surface area contributed by atoms with E-state index in [4.69, 9.17) is 4.74 Å². The summed E-state index contributed by atoms with van der Waals surface area (Å²) < 4.78 is 5.22. The fourth-order valence-corrected chi connectivity index (χ4v) is 1.49.